The zero-order valence-corrected chi connectivity index (χ0v) is 13.6. The van der Waals surface area contributed by atoms with Gasteiger partial charge in [-0.05, 0) is 38.0 Å². The molecular formula is C15H25NO3S. The number of hydrogen-bond acceptors (Lipinski definition) is 4. The van der Waals surface area contributed by atoms with Crippen LogP contribution in [0.4, 0.5) is 5.69 Å². The van der Waals surface area contributed by atoms with Crippen LogP contribution in [0.15, 0.2) is 18.2 Å². The van der Waals surface area contributed by atoms with Crippen molar-refractivity contribution < 1.29 is 13.2 Å². The van der Waals surface area contributed by atoms with Crippen LogP contribution in [0.25, 0.3) is 0 Å². The summed E-state index contributed by atoms with van der Waals surface area (Å²) < 4.78 is 29.0. The van der Waals surface area contributed by atoms with Gasteiger partial charge in [-0.3, -0.25) is 0 Å². The van der Waals surface area contributed by atoms with E-state index in [-0.39, 0.29) is 17.5 Å². The van der Waals surface area contributed by atoms with Crippen LogP contribution in [0.5, 0.6) is 5.75 Å². The molecule has 1 N–H and O–H groups in total. The van der Waals surface area contributed by atoms with Gasteiger partial charge in [0.15, 0.2) is 9.84 Å². The minimum Gasteiger partial charge on any atom is -0.491 e. The monoisotopic (exact) mass is 299 g/mol. The molecular weight excluding hydrogens is 274 g/mol. The minimum absolute atomic E-state index is 0.130. The summed E-state index contributed by atoms with van der Waals surface area (Å²) in [6.07, 6.45) is 0.938. The van der Waals surface area contributed by atoms with Crippen molar-refractivity contribution in [2.24, 2.45) is 0 Å². The van der Waals surface area contributed by atoms with E-state index in [4.69, 9.17) is 4.74 Å². The van der Waals surface area contributed by atoms with Crippen molar-refractivity contribution in [3.8, 4) is 5.75 Å². The molecule has 1 aromatic rings. The van der Waals surface area contributed by atoms with E-state index in [1.807, 2.05) is 32.0 Å². The molecule has 1 atom stereocenters. The fraction of sp³-hybridized carbons (Fsp3) is 0.600. The average Bonchev–Trinajstić information content (AvgIpc) is 2.38. The molecule has 0 radical (unpaired) electrons. The van der Waals surface area contributed by atoms with E-state index in [1.54, 1.807) is 6.92 Å². The fourth-order valence-corrected chi connectivity index (χ4v) is 2.97. The molecule has 0 fully saturated rings. The third-order valence-electron chi connectivity index (χ3n) is 2.94. The second-order valence-electron chi connectivity index (χ2n) is 5.09. The summed E-state index contributed by atoms with van der Waals surface area (Å²) in [4.78, 5) is 0. The van der Waals surface area contributed by atoms with E-state index in [1.165, 1.54) is 0 Å². The van der Waals surface area contributed by atoms with Crippen molar-refractivity contribution >= 4 is 15.5 Å². The molecule has 1 aromatic carbocycles. The number of aryl methyl sites for hydroxylation is 1. The Morgan fingerprint density at radius 2 is 2.00 bits per heavy atom. The maximum absolute atomic E-state index is 11.6. The predicted octanol–water partition coefficient (Wildman–Crippen LogP) is 3.02. The van der Waals surface area contributed by atoms with Crippen molar-refractivity contribution in [2.45, 2.75) is 40.2 Å². The van der Waals surface area contributed by atoms with Crippen LogP contribution in [0.1, 0.15) is 32.8 Å². The lowest BCUT2D eigenvalue weighted by Crippen LogP contribution is -2.27. The van der Waals surface area contributed by atoms with Crippen molar-refractivity contribution in [1.82, 2.24) is 0 Å². The molecule has 20 heavy (non-hydrogen) atoms. The molecule has 4 nitrogen and oxygen atoms in total. The molecule has 0 spiro atoms. The number of rotatable bonds is 8. The molecule has 1 unspecified atom stereocenters. The Morgan fingerprint density at radius 3 is 2.60 bits per heavy atom. The standard InChI is InChI=1S/C15H25NO3S/c1-5-9-19-15-10-12(3)7-8-14(15)16-13(4)11-20(17,18)6-2/h7-8,10,13,16H,5-6,9,11H2,1-4H3. The summed E-state index contributed by atoms with van der Waals surface area (Å²) in [6.45, 7) is 8.26. The zero-order valence-electron chi connectivity index (χ0n) is 12.8. The summed E-state index contributed by atoms with van der Waals surface area (Å²) in [5, 5.41) is 3.23. The van der Waals surface area contributed by atoms with Gasteiger partial charge in [0.25, 0.3) is 0 Å². The van der Waals surface area contributed by atoms with Crippen LogP contribution < -0.4 is 10.1 Å². The Labute approximate surface area is 122 Å². The third-order valence-corrected chi connectivity index (χ3v) is 4.83. The highest BCUT2D eigenvalue weighted by molar-refractivity contribution is 7.91. The highest BCUT2D eigenvalue weighted by Crippen LogP contribution is 2.26. The van der Waals surface area contributed by atoms with Gasteiger partial charge in [0.2, 0.25) is 0 Å². The van der Waals surface area contributed by atoms with Crippen molar-refractivity contribution in [2.75, 3.05) is 23.4 Å². The number of sulfone groups is 1. The van der Waals surface area contributed by atoms with Gasteiger partial charge in [-0.15, -0.1) is 0 Å². The van der Waals surface area contributed by atoms with Gasteiger partial charge in [0.1, 0.15) is 5.75 Å². The van der Waals surface area contributed by atoms with Crippen LogP contribution in [0.2, 0.25) is 0 Å². The lowest BCUT2D eigenvalue weighted by atomic mass is 10.2. The van der Waals surface area contributed by atoms with Crippen LogP contribution in [-0.2, 0) is 9.84 Å². The lowest BCUT2D eigenvalue weighted by Gasteiger charge is -2.18. The molecule has 0 aliphatic rings. The molecule has 0 aromatic heterocycles. The highest BCUT2D eigenvalue weighted by atomic mass is 32.2. The number of benzene rings is 1. The Balaban J connectivity index is 2.80. The average molecular weight is 299 g/mol. The van der Waals surface area contributed by atoms with Gasteiger partial charge in [-0.1, -0.05) is 19.9 Å². The molecule has 5 heteroatoms. The fourth-order valence-electron chi connectivity index (χ4n) is 1.89. The number of nitrogens with one attached hydrogen (secondary N) is 1. The zero-order chi connectivity index (χ0) is 15.2. The topological polar surface area (TPSA) is 55.4 Å². The highest BCUT2D eigenvalue weighted by Gasteiger charge is 2.15. The summed E-state index contributed by atoms with van der Waals surface area (Å²) in [5.74, 6) is 1.09. The Morgan fingerprint density at radius 1 is 1.30 bits per heavy atom. The van der Waals surface area contributed by atoms with Gasteiger partial charge >= 0.3 is 0 Å². The second-order valence-corrected chi connectivity index (χ2v) is 7.49. The van der Waals surface area contributed by atoms with Gasteiger partial charge in [0.05, 0.1) is 18.0 Å². The first kappa shape index (κ1) is 16.8. The summed E-state index contributed by atoms with van der Waals surface area (Å²) in [5.41, 5.74) is 1.97. The first-order chi connectivity index (χ1) is 9.38. The van der Waals surface area contributed by atoms with E-state index in [9.17, 15) is 8.42 Å². The van der Waals surface area contributed by atoms with Gasteiger partial charge in [-0.25, -0.2) is 8.42 Å². The maximum atomic E-state index is 11.6. The molecule has 0 saturated carbocycles. The first-order valence-electron chi connectivity index (χ1n) is 7.08. The SMILES string of the molecule is CCCOc1cc(C)ccc1NC(C)CS(=O)(=O)CC. The molecule has 0 aliphatic heterocycles. The van der Waals surface area contributed by atoms with Crippen LogP contribution in [-0.4, -0.2) is 32.6 Å². The lowest BCUT2D eigenvalue weighted by molar-refractivity contribution is 0.318. The molecule has 114 valence electrons. The van der Waals surface area contributed by atoms with E-state index in [2.05, 4.69) is 12.2 Å². The van der Waals surface area contributed by atoms with Crippen molar-refractivity contribution in [3.05, 3.63) is 23.8 Å². The summed E-state index contributed by atoms with van der Waals surface area (Å²) in [7, 11) is -2.98. The maximum Gasteiger partial charge on any atom is 0.152 e. The quantitative estimate of drug-likeness (QED) is 0.801. The van der Waals surface area contributed by atoms with Gasteiger partial charge in [0, 0.05) is 11.8 Å². The third kappa shape index (κ3) is 5.41. The molecule has 1 rings (SSSR count). The van der Waals surface area contributed by atoms with Crippen LogP contribution >= 0.6 is 0 Å². The van der Waals surface area contributed by atoms with E-state index < -0.39 is 9.84 Å². The number of ether oxygens (including phenoxy) is 1. The summed E-state index contributed by atoms with van der Waals surface area (Å²) in [6, 6.07) is 5.75. The largest absolute Gasteiger partial charge is 0.491 e. The number of hydrogen-bond donors (Lipinski definition) is 1. The van der Waals surface area contributed by atoms with Gasteiger partial charge in [-0.2, -0.15) is 0 Å². The normalized spacial score (nSPS) is 13.0. The smallest absolute Gasteiger partial charge is 0.152 e. The first-order valence-corrected chi connectivity index (χ1v) is 8.90. The van der Waals surface area contributed by atoms with Gasteiger partial charge < -0.3 is 10.1 Å². The molecule has 0 heterocycles. The van der Waals surface area contributed by atoms with Crippen LogP contribution in [0.3, 0.4) is 0 Å². The predicted molar refractivity (Wildman–Crippen MR) is 84.4 cm³/mol. The molecule has 0 bridgehead atoms. The summed E-state index contributed by atoms with van der Waals surface area (Å²) >= 11 is 0. The van der Waals surface area contributed by atoms with Crippen molar-refractivity contribution in [1.29, 1.82) is 0 Å². The Kier molecular flexibility index (Phi) is 6.33. The molecule has 0 saturated heterocycles. The Bertz CT molecular complexity index is 526. The Hall–Kier alpha value is -1.23. The van der Waals surface area contributed by atoms with E-state index in [0.29, 0.717) is 6.61 Å². The van der Waals surface area contributed by atoms with Crippen LogP contribution in [0, 0.1) is 6.92 Å². The minimum atomic E-state index is -2.98. The number of anilines is 1. The second kappa shape index (κ2) is 7.53. The molecule has 0 amide bonds. The molecule has 0 aliphatic carbocycles. The van der Waals surface area contributed by atoms with E-state index in [0.717, 1.165) is 23.4 Å². The van der Waals surface area contributed by atoms with E-state index >= 15 is 0 Å². The van der Waals surface area contributed by atoms with Crippen molar-refractivity contribution in [3.63, 3.8) is 0 Å².